The lowest BCUT2D eigenvalue weighted by atomic mass is 9.97. The number of rotatable bonds is 11. The molecule has 1 saturated heterocycles. The predicted octanol–water partition coefficient (Wildman–Crippen LogP) is 3.80. The third-order valence-corrected chi connectivity index (χ3v) is 8.48. The number of H-pyrrole nitrogens is 1. The molecular formula is C32H42FN5O6. The highest BCUT2D eigenvalue weighted by molar-refractivity contribution is 6.35. The Morgan fingerprint density at radius 2 is 1.84 bits per heavy atom. The van der Waals surface area contributed by atoms with Gasteiger partial charge in [-0.25, -0.2) is 14.1 Å². The summed E-state index contributed by atoms with van der Waals surface area (Å²) in [5, 5.41) is 11.8. The lowest BCUT2D eigenvalue weighted by Gasteiger charge is -2.32. The van der Waals surface area contributed by atoms with Crippen molar-refractivity contribution in [2.45, 2.75) is 47.0 Å². The number of anilines is 1. The Hall–Kier alpha value is -4.03. The molecule has 3 N–H and O–H groups in total. The number of aryl methyl sites for hydroxylation is 1. The van der Waals surface area contributed by atoms with E-state index in [1.807, 2.05) is 13.8 Å². The molecule has 12 heteroatoms. The van der Waals surface area contributed by atoms with Gasteiger partial charge in [-0.05, 0) is 75.5 Å². The van der Waals surface area contributed by atoms with Gasteiger partial charge < -0.3 is 29.9 Å². The number of hydrogen-bond acceptors (Lipinski definition) is 7. The summed E-state index contributed by atoms with van der Waals surface area (Å²) in [4.78, 5) is 60.3. The van der Waals surface area contributed by atoms with Gasteiger partial charge in [0.05, 0.1) is 24.4 Å². The zero-order chi connectivity index (χ0) is 32.0. The summed E-state index contributed by atoms with van der Waals surface area (Å²) >= 11 is 0. The molecule has 0 spiro atoms. The van der Waals surface area contributed by atoms with Gasteiger partial charge in [-0.3, -0.25) is 14.4 Å². The van der Waals surface area contributed by atoms with Crippen LogP contribution in [0.3, 0.4) is 0 Å². The van der Waals surface area contributed by atoms with Crippen molar-refractivity contribution >= 4 is 41.2 Å². The second-order valence-electron chi connectivity index (χ2n) is 11.2. The van der Waals surface area contributed by atoms with Gasteiger partial charge in [-0.1, -0.05) is 13.8 Å². The van der Waals surface area contributed by atoms with E-state index in [1.54, 1.807) is 24.8 Å². The predicted molar refractivity (Wildman–Crippen MR) is 164 cm³/mol. The first-order valence-electron chi connectivity index (χ1n) is 15.2. The van der Waals surface area contributed by atoms with Gasteiger partial charge in [-0.15, -0.1) is 0 Å². The van der Waals surface area contributed by atoms with Crippen molar-refractivity contribution in [3.05, 3.63) is 52.1 Å². The lowest BCUT2D eigenvalue weighted by Crippen LogP contribution is -2.44. The molecule has 238 valence electrons. The van der Waals surface area contributed by atoms with Crippen LogP contribution in [0.1, 0.15) is 66.0 Å². The number of piperidine rings is 1. The standard InChI is InChI=1S/C32H42FN5O6/c1-5-36(6-2)14-15-38(32(43)44-19-22-9-12-37(13-10-22)28(40)11-16-39)31(42)29-20(3)27(34-21(29)4)18-25-24-17-23(33)7-8-26(24)35-30(25)41/h7-8,17-18,22,34,39H,5-6,9-16,19H2,1-4H3,(H,35,41)/b25-18-. The zero-order valence-electron chi connectivity index (χ0n) is 25.9. The smallest absolute Gasteiger partial charge is 0.416 e. The van der Waals surface area contributed by atoms with Crippen LogP contribution >= 0.6 is 0 Å². The number of nitrogens with zero attached hydrogens (tertiary/aromatic N) is 3. The highest BCUT2D eigenvalue weighted by Crippen LogP contribution is 2.34. The molecule has 0 unspecified atom stereocenters. The third kappa shape index (κ3) is 7.36. The van der Waals surface area contributed by atoms with Crippen LogP contribution in [0.4, 0.5) is 14.9 Å². The summed E-state index contributed by atoms with van der Waals surface area (Å²) in [5.41, 5.74) is 3.10. The molecule has 2 aliphatic heterocycles. The Kier molecular flexibility index (Phi) is 10.9. The van der Waals surface area contributed by atoms with E-state index in [2.05, 4.69) is 15.2 Å². The first kappa shape index (κ1) is 32.9. The second kappa shape index (κ2) is 14.6. The van der Waals surface area contributed by atoms with Crippen molar-refractivity contribution in [2.75, 3.05) is 57.8 Å². The van der Waals surface area contributed by atoms with E-state index in [0.717, 1.165) is 18.0 Å². The van der Waals surface area contributed by atoms with Crippen molar-refractivity contribution in [3.8, 4) is 0 Å². The molecule has 1 fully saturated rings. The number of carbonyl (C=O) groups is 4. The molecule has 2 aromatic rings. The van der Waals surface area contributed by atoms with Gasteiger partial charge in [0, 0.05) is 55.2 Å². The van der Waals surface area contributed by atoms with Gasteiger partial charge >= 0.3 is 6.09 Å². The van der Waals surface area contributed by atoms with Crippen molar-refractivity contribution in [1.82, 2.24) is 19.7 Å². The number of aromatic amines is 1. The molecule has 0 aliphatic carbocycles. The normalized spacial score (nSPS) is 15.9. The van der Waals surface area contributed by atoms with E-state index in [9.17, 15) is 23.6 Å². The second-order valence-corrected chi connectivity index (χ2v) is 11.2. The molecule has 0 atom stereocenters. The number of aliphatic hydroxyl groups excluding tert-OH is 1. The molecule has 1 aromatic carbocycles. The van der Waals surface area contributed by atoms with Gasteiger partial charge in [0.2, 0.25) is 5.91 Å². The Morgan fingerprint density at radius 3 is 2.50 bits per heavy atom. The Bertz CT molecular complexity index is 1420. The van der Waals surface area contributed by atoms with Gasteiger partial charge in [-0.2, -0.15) is 0 Å². The van der Waals surface area contributed by atoms with E-state index in [4.69, 9.17) is 9.84 Å². The van der Waals surface area contributed by atoms with E-state index in [1.165, 1.54) is 18.2 Å². The largest absolute Gasteiger partial charge is 0.449 e. The minimum absolute atomic E-state index is 0.0519. The summed E-state index contributed by atoms with van der Waals surface area (Å²) in [6.07, 6.45) is 2.27. The SMILES string of the molecule is CCN(CC)CCN(C(=O)OCC1CCN(C(=O)CCO)CC1)C(=O)c1c(C)[nH]c(/C=C2\C(=O)Nc3ccc(F)cc32)c1C. The van der Waals surface area contributed by atoms with Crippen LogP contribution in [-0.2, 0) is 14.3 Å². The van der Waals surface area contributed by atoms with E-state index in [-0.39, 0.29) is 49.5 Å². The van der Waals surface area contributed by atoms with Gasteiger partial charge in [0.1, 0.15) is 5.82 Å². The molecular weight excluding hydrogens is 569 g/mol. The Morgan fingerprint density at radius 1 is 1.14 bits per heavy atom. The number of likely N-dealkylation sites (N-methyl/N-ethyl adjacent to an activating group) is 1. The molecule has 4 amide bonds. The highest BCUT2D eigenvalue weighted by atomic mass is 19.1. The van der Waals surface area contributed by atoms with Crippen LogP contribution in [0, 0.1) is 25.6 Å². The summed E-state index contributed by atoms with van der Waals surface area (Å²) in [7, 11) is 0. The Labute approximate surface area is 257 Å². The lowest BCUT2D eigenvalue weighted by molar-refractivity contribution is -0.133. The molecule has 11 nitrogen and oxygen atoms in total. The molecule has 0 radical (unpaired) electrons. The van der Waals surface area contributed by atoms with E-state index >= 15 is 0 Å². The first-order chi connectivity index (χ1) is 21.1. The highest BCUT2D eigenvalue weighted by Gasteiger charge is 2.31. The maximum absolute atomic E-state index is 14.0. The zero-order valence-corrected chi connectivity index (χ0v) is 25.9. The number of amides is 4. The van der Waals surface area contributed by atoms with Crippen LogP contribution in [0.15, 0.2) is 18.2 Å². The molecule has 1 aromatic heterocycles. The number of hydrogen-bond donors (Lipinski definition) is 3. The maximum Gasteiger partial charge on any atom is 0.416 e. The van der Waals surface area contributed by atoms with Crippen molar-refractivity contribution in [1.29, 1.82) is 0 Å². The van der Waals surface area contributed by atoms with E-state index in [0.29, 0.717) is 66.2 Å². The van der Waals surface area contributed by atoms with Crippen LogP contribution < -0.4 is 5.32 Å². The molecule has 4 rings (SSSR count). The molecule has 3 heterocycles. The summed E-state index contributed by atoms with van der Waals surface area (Å²) in [6, 6.07) is 4.07. The van der Waals surface area contributed by atoms with Crippen molar-refractivity contribution in [3.63, 3.8) is 0 Å². The molecule has 2 aliphatic rings. The van der Waals surface area contributed by atoms with Gasteiger partial charge in [0.15, 0.2) is 0 Å². The number of fused-ring (bicyclic) bond motifs is 1. The number of nitrogens with one attached hydrogen (secondary N) is 2. The fourth-order valence-corrected chi connectivity index (χ4v) is 5.75. The Balaban J connectivity index is 1.52. The fourth-order valence-electron chi connectivity index (χ4n) is 5.75. The van der Waals surface area contributed by atoms with Gasteiger partial charge in [0.25, 0.3) is 11.8 Å². The summed E-state index contributed by atoms with van der Waals surface area (Å²) in [6.45, 7) is 10.6. The van der Waals surface area contributed by atoms with Crippen molar-refractivity contribution < 1.29 is 33.4 Å². The topological polar surface area (TPSA) is 135 Å². The minimum atomic E-state index is -0.736. The van der Waals surface area contributed by atoms with Crippen molar-refractivity contribution in [2.24, 2.45) is 5.92 Å². The molecule has 44 heavy (non-hydrogen) atoms. The fraction of sp³-hybridized carbons (Fsp3) is 0.500. The number of aliphatic hydroxyl groups is 1. The molecule has 0 saturated carbocycles. The van der Waals surface area contributed by atoms with Crippen LogP contribution in [-0.4, -0.2) is 101 Å². The number of ether oxygens (including phenoxy) is 1. The first-order valence-corrected chi connectivity index (χ1v) is 15.2. The number of imide groups is 1. The average molecular weight is 612 g/mol. The monoisotopic (exact) mass is 611 g/mol. The maximum atomic E-state index is 14.0. The van der Waals surface area contributed by atoms with E-state index < -0.39 is 17.8 Å². The number of aromatic nitrogens is 1. The number of halogens is 1. The number of benzene rings is 1. The van der Waals surface area contributed by atoms with Crippen LogP contribution in [0.5, 0.6) is 0 Å². The number of carbonyl (C=O) groups excluding carboxylic acids is 4. The van der Waals surface area contributed by atoms with Crippen LogP contribution in [0.2, 0.25) is 0 Å². The quantitative estimate of drug-likeness (QED) is 0.329. The number of likely N-dealkylation sites (tertiary alicyclic amines) is 1. The summed E-state index contributed by atoms with van der Waals surface area (Å²) in [5.74, 6) is -1.39. The summed E-state index contributed by atoms with van der Waals surface area (Å²) < 4.78 is 19.6. The average Bonchev–Trinajstić information content (AvgIpc) is 3.47. The minimum Gasteiger partial charge on any atom is -0.449 e. The third-order valence-electron chi connectivity index (χ3n) is 8.48. The molecule has 0 bridgehead atoms. The van der Waals surface area contributed by atoms with Crippen LogP contribution in [0.25, 0.3) is 11.6 Å².